The highest BCUT2D eigenvalue weighted by atomic mass is 16.3. The van der Waals surface area contributed by atoms with Gasteiger partial charge < -0.3 is 25.5 Å². The number of carbonyl (C=O) groups excluding carboxylic acids is 1. The SMILES string of the molecule is CC[C@@H](C(C)C)[C@H](O)[C@@H](O)[C@@H](C)[C@H]1CC[C@H]2[C@@H]3CC(=O)[C@]4(O)C[C@@H](O)[C@@H](O)C[C@]4(C)[C@H]3CC[C@]12C. The van der Waals surface area contributed by atoms with Crippen LogP contribution in [-0.2, 0) is 4.79 Å². The summed E-state index contributed by atoms with van der Waals surface area (Å²) in [5, 5.41) is 54.7. The van der Waals surface area contributed by atoms with Crippen LogP contribution in [0.2, 0.25) is 0 Å². The van der Waals surface area contributed by atoms with Crippen molar-refractivity contribution in [3.8, 4) is 0 Å². The molecule has 6 heteroatoms. The van der Waals surface area contributed by atoms with E-state index >= 15 is 0 Å². The molecule has 4 saturated carbocycles. The Hall–Kier alpha value is -0.530. The maximum absolute atomic E-state index is 13.4. The fraction of sp³-hybridized carbons (Fsp3) is 0.966. The highest BCUT2D eigenvalue weighted by molar-refractivity contribution is 5.89. The van der Waals surface area contributed by atoms with Crippen molar-refractivity contribution >= 4 is 5.78 Å². The smallest absolute Gasteiger partial charge is 0.165 e. The summed E-state index contributed by atoms with van der Waals surface area (Å²) in [6.07, 6.45) is 1.64. The van der Waals surface area contributed by atoms with E-state index in [0.717, 1.165) is 32.1 Å². The second-order valence-electron chi connectivity index (χ2n) is 13.7. The summed E-state index contributed by atoms with van der Waals surface area (Å²) in [4.78, 5) is 13.4. The maximum Gasteiger partial charge on any atom is 0.165 e. The normalized spacial score (nSPS) is 49.1. The number of fused-ring (bicyclic) bond motifs is 5. The molecule has 0 spiro atoms. The molecule has 0 aliphatic heterocycles. The summed E-state index contributed by atoms with van der Waals surface area (Å²) in [5.41, 5.74) is -2.34. The molecule has 0 heterocycles. The standard InChI is InChI=1S/C29H50O6/c1-7-17(15(2)3)26(34)25(33)16(4)19-8-9-20-18-12-24(32)29(35)14-23(31)22(30)13-28(29,6)21(18)10-11-27(19,20)5/h15-23,25-26,30-31,33-35H,7-14H2,1-6H3/t16-,17-,18-,19+,20-,21-,22-,23+,25-,26-,27+,28+,29+/m0/s1. The van der Waals surface area contributed by atoms with Gasteiger partial charge in [0.25, 0.3) is 0 Å². The molecule has 0 aromatic heterocycles. The van der Waals surface area contributed by atoms with Gasteiger partial charge in [-0.2, -0.15) is 0 Å². The average Bonchev–Trinajstić information content (AvgIpc) is 3.13. The Labute approximate surface area is 211 Å². The van der Waals surface area contributed by atoms with Gasteiger partial charge in [0.2, 0.25) is 0 Å². The van der Waals surface area contributed by atoms with Crippen LogP contribution in [-0.4, -0.2) is 61.3 Å². The molecule has 202 valence electrons. The van der Waals surface area contributed by atoms with Crippen molar-refractivity contribution in [1.82, 2.24) is 0 Å². The topological polar surface area (TPSA) is 118 Å². The van der Waals surface area contributed by atoms with Crippen molar-refractivity contribution in [3.63, 3.8) is 0 Å². The zero-order valence-corrected chi connectivity index (χ0v) is 22.7. The van der Waals surface area contributed by atoms with Gasteiger partial charge in [0.15, 0.2) is 5.78 Å². The lowest BCUT2D eigenvalue weighted by Gasteiger charge is -2.63. The van der Waals surface area contributed by atoms with Crippen LogP contribution in [0.25, 0.3) is 0 Å². The summed E-state index contributed by atoms with van der Waals surface area (Å²) in [6, 6.07) is 0. The van der Waals surface area contributed by atoms with Crippen LogP contribution < -0.4 is 0 Å². The molecular formula is C29H50O6. The summed E-state index contributed by atoms with van der Waals surface area (Å²) in [5.74, 6) is 1.01. The zero-order valence-electron chi connectivity index (χ0n) is 22.7. The molecule has 5 N–H and O–H groups in total. The third-order valence-electron chi connectivity index (χ3n) is 12.0. The minimum Gasteiger partial charge on any atom is -0.390 e. The van der Waals surface area contributed by atoms with E-state index in [1.165, 1.54) is 0 Å². The summed E-state index contributed by atoms with van der Waals surface area (Å²) >= 11 is 0. The number of ketones is 1. The van der Waals surface area contributed by atoms with Crippen molar-refractivity contribution in [3.05, 3.63) is 0 Å². The van der Waals surface area contributed by atoms with E-state index in [2.05, 4.69) is 34.6 Å². The van der Waals surface area contributed by atoms with E-state index in [-0.39, 0.29) is 53.6 Å². The highest BCUT2D eigenvalue weighted by Gasteiger charge is 2.69. The monoisotopic (exact) mass is 494 g/mol. The lowest BCUT2D eigenvalue weighted by Crippen LogP contribution is -2.69. The van der Waals surface area contributed by atoms with E-state index in [9.17, 15) is 30.3 Å². The summed E-state index contributed by atoms with van der Waals surface area (Å²) < 4.78 is 0. The number of rotatable bonds is 6. The molecule has 13 atom stereocenters. The molecule has 4 aliphatic carbocycles. The van der Waals surface area contributed by atoms with Gasteiger partial charge in [0, 0.05) is 18.3 Å². The summed E-state index contributed by atoms with van der Waals surface area (Å²) in [6.45, 7) is 12.7. The lowest BCUT2D eigenvalue weighted by atomic mass is 9.42. The maximum atomic E-state index is 13.4. The van der Waals surface area contributed by atoms with Gasteiger partial charge in [-0.25, -0.2) is 0 Å². The van der Waals surface area contributed by atoms with E-state index in [1.54, 1.807) is 0 Å². The van der Waals surface area contributed by atoms with Crippen LogP contribution in [0.1, 0.15) is 92.9 Å². The molecule has 4 aliphatic rings. The molecule has 0 bridgehead atoms. The first-order chi connectivity index (χ1) is 16.2. The molecule has 0 saturated heterocycles. The largest absolute Gasteiger partial charge is 0.390 e. The minimum atomic E-state index is -1.57. The van der Waals surface area contributed by atoms with Gasteiger partial charge >= 0.3 is 0 Å². The van der Waals surface area contributed by atoms with Crippen LogP contribution in [0, 0.1) is 52.3 Å². The molecule has 4 fully saturated rings. The lowest BCUT2D eigenvalue weighted by molar-refractivity contribution is -0.230. The number of carbonyl (C=O) groups is 1. The van der Waals surface area contributed by atoms with Crippen molar-refractivity contribution in [2.45, 2.75) is 123 Å². The predicted octanol–water partition coefficient (Wildman–Crippen LogP) is 3.31. The second-order valence-corrected chi connectivity index (χ2v) is 13.7. The number of aliphatic hydroxyl groups is 5. The Balaban J connectivity index is 1.58. The summed E-state index contributed by atoms with van der Waals surface area (Å²) in [7, 11) is 0. The van der Waals surface area contributed by atoms with Gasteiger partial charge in [-0.3, -0.25) is 4.79 Å². The third-order valence-corrected chi connectivity index (χ3v) is 12.0. The zero-order chi connectivity index (χ0) is 26.1. The molecule has 6 nitrogen and oxygen atoms in total. The number of Topliss-reactive ketones (excluding diaryl/α,β-unsaturated/α-hetero) is 1. The first kappa shape index (κ1) is 27.5. The molecule has 35 heavy (non-hydrogen) atoms. The molecule has 0 radical (unpaired) electrons. The van der Waals surface area contributed by atoms with Gasteiger partial charge in [-0.15, -0.1) is 0 Å². The van der Waals surface area contributed by atoms with Gasteiger partial charge in [-0.05, 0) is 78.9 Å². The van der Waals surface area contributed by atoms with Crippen LogP contribution in [0.5, 0.6) is 0 Å². The van der Waals surface area contributed by atoms with E-state index in [4.69, 9.17) is 0 Å². The highest BCUT2D eigenvalue weighted by Crippen LogP contribution is 2.68. The molecule has 4 rings (SSSR count). The number of hydrogen-bond acceptors (Lipinski definition) is 6. The van der Waals surface area contributed by atoms with Crippen LogP contribution in [0.15, 0.2) is 0 Å². The van der Waals surface area contributed by atoms with E-state index in [0.29, 0.717) is 18.3 Å². The Kier molecular flexibility index (Phi) is 7.34. The van der Waals surface area contributed by atoms with Crippen LogP contribution in [0.3, 0.4) is 0 Å². The quantitative estimate of drug-likeness (QED) is 0.387. The Bertz CT molecular complexity index is 800. The molecule has 0 aromatic rings. The Morgan fingerprint density at radius 2 is 1.57 bits per heavy atom. The fourth-order valence-electron chi connectivity index (χ4n) is 9.86. The van der Waals surface area contributed by atoms with E-state index in [1.807, 2.05) is 6.92 Å². The van der Waals surface area contributed by atoms with Gasteiger partial charge in [0.05, 0.1) is 24.4 Å². The van der Waals surface area contributed by atoms with Crippen molar-refractivity contribution in [1.29, 1.82) is 0 Å². The number of aliphatic hydroxyl groups excluding tert-OH is 4. The van der Waals surface area contributed by atoms with Crippen molar-refractivity contribution in [2.24, 2.45) is 52.3 Å². The number of hydrogen-bond donors (Lipinski definition) is 5. The predicted molar refractivity (Wildman–Crippen MR) is 134 cm³/mol. The van der Waals surface area contributed by atoms with Crippen LogP contribution >= 0.6 is 0 Å². The fourth-order valence-corrected chi connectivity index (χ4v) is 9.86. The first-order valence-electron chi connectivity index (χ1n) is 14.2. The average molecular weight is 495 g/mol. The molecule has 0 aromatic carbocycles. The van der Waals surface area contributed by atoms with Crippen molar-refractivity contribution in [2.75, 3.05) is 0 Å². The molecule has 0 unspecified atom stereocenters. The molecule has 0 amide bonds. The van der Waals surface area contributed by atoms with Gasteiger partial charge in [0.1, 0.15) is 5.60 Å². The van der Waals surface area contributed by atoms with Crippen LogP contribution in [0.4, 0.5) is 0 Å². The third kappa shape index (κ3) is 3.96. The first-order valence-corrected chi connectivity index (χ1v) is 14.2. The van der Waals surface area contributed by atoms with Gasteiger partial charge in [-0.1, -0.05) is 48.0 Å². The Morgan fingerprint density at radius 1 is 0.943 bits per heavy atom. The van der Waals surface area contributed by atoms with E-state index < -0.39 is 35.4 Å². The minimum absolute atomic E-state index is 0.0281. The second kappa shape index (κ2) is 9.34. The Morgan fingerprint density at radius 3 is 2.17 bits per heavy atom. The van der Waals surface area contributed by atoms with Crippen molar-refractivity contribution < 1.29 is 30.3 Å². The molecular weight excluding hydrogens is 444 g/mol.